The summed E-state index contributed by atoms with van der Waals surface area (Å²) < 4.78 is 2.00. The summed E-state index contributed by atoms with van der Waals surface area (Å²) in [5.41, 5.74) is 6.59. The molecule has 1 atom stereocenters. The van der Waals surface area contributed by atoms with Gasteiger partial charge in [0, 0.05) is 6.54 Å². The number of anilines is 1. The van der Waals surface area contributed by atoms with Gasteiger partial charge in [0.15, 0.2) is 0 Å². The summed E-state index contributed by atoms with van der Waals surface area (Å²) in [6, 6.07) is 1.91. The van der Waals surface area contributed by atoms with E-state index in [1.54, 1.807) is 0 Å². The van der Waals surface area contributed by atoms with E-state index >= 15 is 0 Å². The summed E-state index contributed by atoms with van der Waals surface area (Å²) in [5.74, 6) is 4.62. The van der Waals surface area contributed by atoms with Crippen LogP contribution >= 0.6 is 0 Å². The number of aromatic nitrogens is 2. The lowest BCUT2D eigenvalue weighted by Crippen LogP contribution is -2.49. The zero-order valence-electron chi connectivity index (χ0n) is 11.9. The molecule has 0 amide bonds. The average molecular weight is 259 g/mol. The van der Waals surface area contributed by atoms with Crippen LogP contribution in [-0.4, -0.2) is 9.78 Å². The largest absolute Gasteiger partial charge is 0.384 e. The van der Waals surface area contributed by atoms with Crippen LogP contribution in [0.25, 0.3) is 0 Å². The van der Waals surface area contributed by atoms with Gasteiger partial charge in [-0.15, -0.1) is 0 Å². The zero-order valence-corrected chi connectivity index (χ0v) is 11.9. The molecule has 1 unspecified atom stereocenters. The Labute approximate surface area is 115 Å². The van der Waals surface area contributed by atoms with Crippen molar-refractivity contribution in [2.24, 2.45) is 29.1 Å². The first kappa shape index (κ1) is 11.8. The molecule has 104 valence electrons. The van der Waals surface area contributed by atoms with Crippen LogP contribution in [0.15, 0.2) is 12.3 Å². The van der Waals surface area contributed by atoms with Gasteiger partial charge in [0.2, 0.25) is 0 Å². The van der Waals surface area contributed by atoms with E-state index in [-0.39, 0.29) is 0 Å². The second-order valence-electron chi connectivity index (χ2n) is 7.62. The van der Waals surface area contributed by atoms with Gasteiger partial charge < -0.3 is 5.73 Å². The zero-order chi connectivity index (χ0) is 13.0. The maximum atomic E-state index is 5.98. The van der Waals surface area contributed by atoms with Crippen LogP contribution in [0.5, 0.6) is 0 Å². The molecule has 0 saturated heterocycles. The molecule has 4 saturated carbocycles. The number of rotatable bonds is 3. The average Bonchev–Trinajstić information content (AvgIpc) is 2.73. The van der Waals surface area contributed by atoms with E-state index in [0.717, 1.165) is 30.1 Å². The Bertz CT molecular complexity index is 441. The van der Waals surface area contributed by atoms with Crippen molar-refractivity contribution in [3.63, 3.8) is 0 Å². The van der Waals surface area contributed by atoms with Gasteiger partial charge in [-0.1, -0.05) is 6.92 Å². The molecule has 0 spiro atoms. The molecule has 4 aliphatic rings. The molecule has 1 heterocycles. The SMILES string of the molecule is CC(Cn1nccc1N)C12CC3CC(CC(C3)C1)C2. The van der Waals surface area contributed by atoms with Gasteiger partial charge in [0.1, 0.15) is 5.82 Å². The van der Waals surface area contributed by atoms with Gasteiger partial charge in [-0.05, 0) is 73.7 Å². The van der Waals surface area contributed by atoms with Crippen molar-refractivity contribution in [2.75, 3.05) is 5.73 Å². The van der Waals surface area contributed by atoms with Crippen molar-refractivity contribution in [3.8, 4) is 0 Å². The predicted octanol–water partition coefficient (Wildman–Crippen LogP) is 3.32. The van der Waals surface area contributed by atoms with Crippen molar-refractivity contribution in [3.05, 3.63) is 12.3 Å². The van der Waals surface area contributed by atoms with Gasteiger partial charge in [-0.3, -0.25) is 0 Å². The normalized spacial score (nSPS) is 41.6. The lowest BCUT2D eigenvalue weighted by atomic mass is 9.46. The fourth-order valence-corrected chi connectivity index (χ4v) is 5.73. The van der Waals surface area contributed by atoms with Gasteiger partial charge in [0.25, 0.3) is 0 Å². The first-order valence-corrected chi connectivity index (χ1v) is 7.92. The van der Waals surface area contributed by atoms with Crippen LogP contribution in [0.3, 0.4) is 0 Å². The number of nitrogens with zero attached hydrogens (tertiary/aromatic N) is 2. The Kier molecular flexibility index (Phi) is 2.49. The molecular formula is C16H25N3. The van der Waals surface area contributed by atoms with Crippen LogP contribution in [-0.2, 0) is 6.54 Å². The Morgan fingerprint density at radius 1 is 1.26 bits per heavy atom. The molecule has 4 aliphatic carbocycles. The maximum absolute atomic E-state index is 5.98. The van der Waals surface area contributed by atoms with Gasteiger partial charge in [-0.25, -0.2) is 4.68 Å². The quantitative estimate of drug-likeness (QED) is 0.905. The van der Waals surface area contributed by atoms with Crippen LogP contribution in [0.2, 0.25) is 0 Å². The minimum atomic E-state index is 0.604. The number of hydrogen-bond donors (Lipinski definition) is 1. The van der Waals surface area contributed by atoms with Crippen molar-refractivity contribution in [1.29, 1.82) is 0 Å². The fourth-order valence-electron chi connectivity index (χ4n) is 5.73. The van der Waals surface area contributed by atoms with Crippen molar-refractivity contribution >= 4 is 5.82 Å². The first-order valence-electron chi connectivity index (χ1n) is 7.92. The molecule has 5 rings (SSSR count). The summed E-state index contributed by atoms with van der Waals surface area (Å²) >= 11 is 0. The number of hydrogen-bond acceptors (Lipinski definition) is 2. The molecule has 2 N–H and O–H groups in total. The van der Waals surface area contributed by atoms with Crippen molar-refractivity contribution in [2.45, 2.75) is 52.0 Å². The lowest BCUT2D eigenvalue weighted by molar-refractivity contribution is -0.0869. The van der Waals surface area contributed by atoms with E-state index in [4.69, 9.17) is 5.73 Å². The first-order chi connectivity index (χ1) is 9.14. The molecule has 19 heavy (non-hydrogen) atoms. The second kappa shape index (κ2) is 4.00. The van der Waals surface area contributed by atoms with Crippen LogP contribution in [0, 0.1) is 29.1 Å². The molecule has 0 aliphatic heterocycles. The summed E-state index contributed by atoms with van der Waals surface area (Å²) in [4.78, 5) is 0. The van der Waals surface area contributed by atoms with Gasteiger partial charge in [-0.2, -0.15) is 5.10 Å². The fraction of sp³-hybridized carbons (Fsp3) is 0.812. The van der Waals surface area contributed by atoms with Crippen LogP contribution in [0.1, 0.15) is 45.4 Å². The van der Waals surface area contributed by atoms with Crippen molar-refractivity contribution < 1.29 is 0 Å². The van der Waals surface area contributed by atoms with E-state index in [1.807, 2.05) is 16.9 Å². The minimum Gasteiger partial charge on any atom is -0.384 e. The monoisotopic (exact) mass is 259 g/mol. The van der Waals surface area contributed by atoms with E-state index < -0.39 is 0 Å². The molecule has 3 heteroatoms. The highest BCUT2D eigenvalue weighted by atomic mass is 15.3. The molecule has 0 aromatic carbocycles. The minimum absolute atomic E-state index is 0.604. The molecule has 4 bridgehead atoms. The number of nitrogen functional groups attached to an aromatic ring is 1. The number of nitrogens with two attached hydrogens (primary N) is 1. The van der Waals surface area contributed by atoms with E-state index in [2.05, 4.69) is 12.0 Å². The topological polar surface area (TPSA) is 43.8 Å². The Hall–Kier alpha value is -0.990. The molecule has 4 fully saturated rings. The summed E-state index contributed by atoms with van der Waals surface area (Å²) in [5, 5.41) is 4.37. The maximum Gasteiger partial charge on any atom is 0.121 e. The second-order valence-corrected chi connectivity index (χ2v) is 7.62. The highest BCUT2D eigenvalue weighted by Gasteiger charge is 2.52. The van der Waals surface area contributed by atoms with Crippen molar-refractivity contribution in [1.82, 2.24) is 9.78 Å². The van der Waals surface area contributed by atoms with Crippen LogP contribution < -0.4 is 5.73 Å². The Morgan fingerprint density at radius 3 is 2.32 bits per heavy atom. The van der Waals surface area contributed by atoms with E-state index in [1.165, 1.54) is 38.5 Å². The summed E-state index contributed by atoms with van der Waals surface area (Å²) in [6.07, 6.45) is 10.8. The van der Waals surface area contributed by atoms with E-state index in [9.17, 15) is 0 Å². The standard InChI is InChI=1S/C16H25N3/c1-11(10-19-15(17)2-3-18-19)16-7-12-4-13(8-16)6-14(5-12)9-16/h2-3,11-14H,4-10,17H2,1H3. The summed E-state index contributed by atoms with van der Waals surface area (Å²) in [7, 11) is 0. The molecule has 3 nitrogen and oxygen atoms in total. The third-order valence-electron chi connectivity index (χ3n) is 6.33. The lowest BCUT2D eigenvalue weighted by Gasteiger charge is -2.59. The highest BCUT2D eigenvalue weighted by Crippen LogP contribution is 2.62. The van der Waals surface area contributed by atoms with E-state index in [0.29, 0.717) is 11.3 Å². The summed E-state index contributed by atoms with van der Waals surface area (Å²) in [6.45, 7) is 3.44. The third-order valence-corrected chi connectivity index (χ3v) is 6.33. The highest BCUT2D eigenvalue weighted by molar-refractivity contribution is 5.25. The van der Waals surface area contributed by atoms with Gasteiger partial charge in [0.05, 0.1) is 6.20 Å². The molecule has 1 aromatic rings. The smallest absolute Gasteiger partial charge is 0.121 e. The predicted molar refractivity (Wildman–Crippen MR) is 76.4 cm³/mol. The molecule has 1 aromatic heterocycles. The third kappa shape index (κ3) is 1.81. The van der Waals surface area contributed by atoms with Gasteiger partial charge >= 0.3 is 0 Å². The molecule has 0 radical (unpaired) electrons. The van der Waals surface area contributed by atoms with Crippen LogP contribution in [0.4, 0.5) is 5.82 Å². The molecular weight excluding hydrogens is 234 g/mol. The Morgan fingerprint density at radius 2 is 1.84 bits per heavy atom. The Balaban J connectivity index is 1.56.